The number of H-pyrrole nitrogens is 1. The standard InChI is InChI=1S/C22H23N3O2/c1-22(2)16-10-17-18(11-19(16)25(21(22)26)12-13-4-5-13)24-20(23-17)14-6-8-15(27-3)9-7-14/h6-11,13H,4-5,12H2,1-3H3,(H,23,24). The minimum Gasteiger partial charge on any atom is -0.497 e. The number of ether oxygens (including phenoxy) is 1. The van der Waals surface area contributed by atoms with Crippen LogP contribution >= 0.6 is 0 Å². The second-order valence-electron chi connectivity index (χ2n) is 8.18. The molecule has 1 aliphatic carbocycles. The minimum absolute atomic E-state index is 0.201. The Labute approximate surface area is 158 Å². The van der Waals surface area contributed by atoms with Crippen LogP contribution in [-0.4, -0.2) is 29.5 Å². The molecule has 2 heterocycles. The Morgan fingerprint density at radius 1 is 1.22 bits per heavy atom. The Hall–Kier alpha value is -2.82. The Morgan fingerprint density at radius 2 is 1.96 bits per heavy atom. The highest BCUT2D eigenvalue weighted by Crippen LogP contribution is 2.45. The number of aromatic nitrogens is 2. The summed E-state index contributed by atoms with van der Waals surface area (Å²) in [4.78, 5) is 23.2. The number of carbonyl (C=O) groups is 1. The summed E-state index contributed by atoms with van der Waals surface area (Å²) in [6, 6.07) is 12.0. The summed E-state index contributed by atoms with van der Waals surface area (Å²) in [6.07, 6.45) is 2.46. The van der Waals surface area contributed by atoms with Gasteiger partial charge in [0, 0.05) is 12.1 Å². The Kier molecular flexibility index (Phi) is 3.39. The highest BCUT2D eigenvalue weighted by molar-refractivity contribution is 6.09. The summed E-state index contributed by atoms with van der Waals surface area (Å²) in [5.74, 6) is 2.51. The average Bonchev–Trinajstić information content (AvgIpc) is 3.36. The molecule has 1 aliphatic heterocycles. The van der Waals surface area contributed by atoms with Crippen molar-refractivity contribution in [2.75, 3.05) is 18.6 Å². The minimum atomic E-state index is -0.496. The predicted molar refractivity (Wildman–Crippen MR) is 106 cm³/mol. The molecule has 0 unspecified atom stereocenters. The van der Waals surface area contributed by atoms with Crippen LogP contribution in [0, 0.1) is 5.92 Å². The number of hydrogen-bond donors (Lipinski definition) is 1. The van der Waals surface area contributed by atoms with Gasteiger partial charge in [-0.15, -0.1) is 0 Å². The lowest BCUT2D eigenvalue weighted by atomic mass is 9.86. The van der Waals surface area contributed by atoms with Crippen molar-refractivity contribution in [3.8, 4) is 17.1 Å². The van der Waals surface area contributed by atoms with E-state index in [1.807, 2.05) is 43.0 Å². The summed E-state index contributed by atoms with van der Waals surface area (Å²) >= 11 is 0. The smallest absolute Gasteiger partial charge is 0.237 e. The number of fused-ring (bicyclic) bond motifs is 2. The van der Waals surface area contributed by atoms with Gasteiger partial charge in [-0.2, -0.15) is 0 Å². The lowest BCUT2D eigenvalue weighted by Gasteiger charge is -2.20. The monoisotopic (exact) mass is 361 g/mol. The molecule has 5 rings (SSSR count). The molecule has 0 radical (unpaired) electrons. The summed E-state index contributed by atoms with van der Waals surface area (Å²) in [7, 11) is 1.66. The number of methoxy groups -OCH3 is 1. The number of aromatic amines is 1. The van der Waals surface area contributed by atoms with Gasteiger partial charge in [-0.3, -0.25) is 4.79 Å². The van der Waals surface area contributed by atoms with Gasteiger partial charge in [-0.25, -0.2) is 4.98 Å². The second-order valence-corrected chi connectivity index (χ2v) is 8.18. The number of nitrogens with zero attached hydrogens (tertiary/aromatic N) is 2. The van der Waals surface area contributed by atoms with Gasteiger partial charge >= 0.3 is 0 Å². The van der Waals surface area contributed by atoms with Gasteiger partial charge in [-0.1, -0.05) is 0 Å². The molecule has 1 fully saturated rings. The molecular formula is C22H23N3O2. The fourth-order valence-electron chi connectivity index (χ4n) is 3.96. The maximum Gasteiger partial charge on any atom is 0.237 e. The zero-order valence-corrected chi connectivity index (χ0v) is 15.9. The lowest BCUT2D eigenvalue weighted by Crippen LogP contribution is -2.37. The first-order valence-corrected chi connectivity index (χ1v) is 9.48. The number of carbonyl (C=O) groups excluding carboxylic acids is 1. The van der Waals surface area contributed by atoms with E-state index in [2.05, 4.69) is 17.1 Å². The van der Waals surface area contributed by atoms with Crippen molar-refractivity contribution < 1.29 is 9.53 Å². The van der Waals surface area contributed by atoms with E-state index in [9.17, 15) is 4.79 Å². The first-order chi connectivity index (χ1) is 13.0. The maximum absolute atomic E-state index is 13.0. The second kappa shape index (κ2) is 5.59. The van der Waals surface area contributed by atoms with E-state index >= 15 is 0 Å². The van der Waals surface area contributed by atoms with E-state index in [1.165, 1.54) is 12.8 Å². The van der Waals surface area contributed by atoms with Gasteiger partial charge in [0.15, 0.2) is 0 Å². The maximum atomic E-state index is 13.0. The zero-order chi connectivity index (χ0) is 18.8. The van der Waals surface area contributed by atoms with E-state index < -0.39 is 5.41 Å². The molecule has 3 aromatic rings. The van der Waals surface area contributed by atoms with Gasteiger partial charge in [-0.05, 0) is 74.6 Å². The average molecular weight is 361 g/mol. The van der Waals surface area contributed by atoms with Crippen LogP contribution in [0.25, 0.3) is 22.4 Å². The van der Waals surface area contributed by atoms with Crippen LogP contribution in [0.4, 0.5) is 5.69 Å². The van der Waals surface area contributed by atoms with Gasteiger partial charge in [0.25, 0.3) is 0 Å². The summed E-state index contributed by atoms with van der Waals surface area (Å²) < 4.78 is 5.23. The van der Waals surface area contributed by atoms with Crippen molar-refractivity contribution in [1.29, 1.82) is 0 Å². The zero-order valence-electron chi connectivity index (χ0n) is 15.9. The topological polar surface area (TPSA) is 58.2 Å². The van der Waals surface area contributed by atoms with E-state index in [1.54, 1.807) is 7.11 Å². The Bertz CT molecular complexity index is 1050. The number of imidazole rings is 1. The van der Waals surface area contributed by atoms with Gasteiger partial charge in [0.1, 0.15) is 11.6 Å². The molecule has 5 nitrogen and oxygen atoms in total. The highest BCUT2D eigenvalue weighted by Gasteiger charge is 2.45. The van der Waals surface area contributed by atoms with Crippen LogP contribution in [0.5, 0.6) is 5.75 Å². The van der Waals surface area contributed by atoms with E-state index in [0.717, 1.165) is 46.0 Å². The molecule has 138 valence electrons. The molecule has 2 aromatic carbocycles. The molecular weight excluding hydrogens is 338 g/mol. The quantitative estimate of drug-likeness (QED) is 0.755. The van der Waals surface area contributed by atoms with Crippen molar-refractivity contribution in [2.24, 2.45) is 5.92 Å². The summed E-state index contributed by atoms with van der Waals surface area (Å²) in [6.45, 7) is 4.87. The van der Waals surface area contributed by atoms with Gasteiger partial charge < -0.3 is 14.6 Å². The number of hydrogen-bond acceptors (Lipinski definition) is 3. The molecule has 0 atom stereocenters. The van der Waals surface area contributed by atoms with E-state index in [-0.39, 0.29) is 5.91 Å². The van der Waals surface area contributed by atoms with Crippen molar-refractivity contribution in [1.82, 2.24) is 9.97 Å². The number of nitrogens with one attached hydrogen (secondary N) is 1. The molecule has 27 heavy (non-hydrogen) atoms. The molecule has 1 aromatic heterocycles. The van der Waals surface area contributed by atoms with E-state index in [0.29, 0.717) is 5.92 Å². The van der Waals surface area contributed by atoms with Crippen molar-refractivity contribution in [3.05, 3.63) is 42.0 Å². The van der Waals surface area contributed by atoms with Crippen molar-refractivity contribution >= 4 is 22.6 Å². The van der Waals surface area contributed by atoms with Crippen LogP contribution in [0.15, 0.2) is 36.4 Å². The van der Waals surface area contributed by atoms with Crippen molar-refractivity contribution in [2.45, 2.75) is 32.1 Å². The molecule has 5 heteroatoms. The lowest BCUT2D eigenvalue weighted by molar-refractivity contribution is -0.122. The fourth-order valence-corrected chi connectivity index (χ4v) is 3.96. The fraction of sp³-hybridized carbons (Fsp3) is 0.364. The first-order valence-electron chi connectivity index (χ1n) is 9.48. The molecule has 0 spiro atoms. The largest absolute Gasteiger partial charge is 0.497 e. The number of anilines is 1. The third kappa shape index (κ3) is 2.52. The number of rotatable bonds is 4. The summed E-state index contributed by atoms with van der Waals surface area (Å²) in [5.41, 5.74) is 4.49. The molecule has 0 saturated heterocycles. The van der Waals surface area contributed by atoms with Gasteiger partial charge in [0.05, 0.1) is 29.2 Å². The van der Waals surface area contributed by atoms with Crippen LogP contribution in [0.2, 0.25) is 0 Å². The van der Waals surface area contributed by atoms with Crippen LogP contribution in [0.3, 0.4) is 0 Å². The third-order valence-corrected chi connectivity index (χ3v) is 5.84. The van der Waals surface area contributed by atoms with Crippen LogP contribution in [0.1, 0.15) is 32.3 Å². The molecule has 1 saturated carbocycles. The molecule has 1 N–H and O–H groups in total. The molecule has 2 aliphatic rings. The SMILES string of the molecule is COc1ccc(-c2nc3cc4c(cc3[nH]2)C(C)(C)C(=O)N4CC2CC2)cc1. The predicted octanol–water partition coefficient (Wildman–Crippen LogP) is 4.27. The van der Waals surface area contributed by atoms with E-state index in [4.69, 9.17) is 9.72 Å². The highest BCUT2D eigenvalue weighted by atomic mass is 16.5. The Morgan fingerprint density at radius 3 is 2.63 bits per heavy atom. The number of benzene rings is 2. The summed E-state index contributed by atoms with van der Waals surface area (Å²) in [5, 5.41) is 0. The third-order valence-electron chi connectivity index (χ3n) is 5.84. The van der Waals surface area contributed by atoms with Crippen LogP contribution in [-0.2, 0) is 10.2 Å². The normalized spacial score (nSPS) is 18.2. The molecule has 0 bridgehead atoms. The molecule has 1 amide bonds. The van der Waals surface area contributed by atoms with Crippen molar-refractivity contribution in [3.63, 3.8) is 0 Å². The van der Waals surface area contributed by atoms with Crippen LogP contribution < -0.4 is 9.64 Å². The number of amides is 1. The first kappa shape index (κ1) is 16.4. The van der Waals surface area contributed by atoms with Gasteiger partial charge in [0.2, 0.25) is 5.91 Å². The Balaban J connectivity index is 1.59.